The van der Waals surface area contributed by atoms with Crippen molar-refractivity contribution in [1.29, 1.82) is 0 Å². The van der Waals surface area contributed by atoms with E-state index in [1.807, 2.05) is 6.92 Å². The van der Waals surface area contributed by atoms with E-state index in [0.29, 0.717) is 35.1 Å². The van der Waals surface area contributed by atoms with Crippen LogP contribution in [0.2, 0.25) is 0 Å². The fourth-order valence-corrected chi connectivity index (χ4v) is 4.75. The summed E-state index contributed by atoms with van der Waals surface area (Å²) in [4.78, 5) is 12.6. The first-order valence-corrected chi connectivity index (χ1v) is 14.7. The zero-order valence-electron chi connectivity index (χ0n) is 23.1. The molecule has 41 heavy (non-hydrogen) atoms. The van der Waals surface area contributed by atoms with Crippen LogP contribution >= 0.6 is 0 Å². The van der Waals surface area contributed by atoms with Crippen molar-refractivity contribution in [2.24, 2.45) is 0 Å². The maximum absolute atomic E-state index is 13.8. The molecule has 0 saturated carbocycles. The number of anilines is 1. The molecule has 0 heterocycles. The number of nitrogens with one attached hydrogen (secondary N) is 1. The molecule has 3 rings (SSSR count). The number of ether oxygens (including phenoxy) is 2. The predicted octanol–water partition coefficient (Wildman–Crippen LogP) is 7.70. The van der Waals surface area contributed by atoms with Gasteiger partial charge in [-0.1, -0.05) is 25.5 Å². The first-order chi connectivity index (χ1) is 19.2. The normalized spacial score (nSPS) is 12.5. The quantitative estimate of drug-likeness (QED) is 0.140. The maximum Gasteiger partial charge on any atom is 0.416 e. The summed E-state index contributed by atoms with van der Waals surface area (Å²) in [6.45, 7) is 5.25. The molecule has 6 nitrogen and oxygen atoms in total. The van der Waals surface area contributed by atoms with Gasteiger partial charge in [0.2, 0.25) is 10.0 Å². The van der Waals surface area contributed by atoms with E-state index in [0.717, 1.165) is 18.4 Å². The van der Waals surface area contributed by atoms with Gasteiger partial charge in [0.25, 0.3) is 0 Å². The largest absolute Gasteiger partial charge is 0.488 e. The molecule has 0 radical (unpaired) electrons. The van der Waals surface area contributed by atoms with Gasteiger partial charge in [0.15, 0.2) is 0 Å². The van der Waals surface area contributed by atoms with Crippen molar-refractivity contribution in [2.75, 3.05) is 17.6 Å². The van der Waals surface area contributed by atoms with Crippen LogP contribution in [0, 0.1) is 5.82 Å². The summed E-state index contributed by atoms with van der Waals surface area (Å²) in [5.41, 5.74) is 1.55. The molecule has 0 aliphatic heterocycles. The molecule has 0 aliphatic rings. The summed E-state index contributed by atoms with van der Waals surface area (Å²) in [6.07, 6.45) is -2.75. The number of rotatable bonds is 11. The number of halogens is 4. The van der Waals surface area contributed by atoms with Gasteiger partial charge in [-0.15, -0.1) is 0 Å². The Labute approximate surface area is 237 Å². The van der Waals surface area contributed by atoms with E-state index in [2.05, 4.69) is 4.72 Å². The Balaban J connectivity index is 2.22. The molecule has 0 atom stereocenters. The van der Waals surface area contributed by atoms with Crippen molar-refractivity contribution in [3.8, 4) is 5.75 Å². The van der Waals surface area contributed by atoms with Crippen LogP contribution in [-0.2, 0) is 27.5 Å². The summed E-state index contributed by atoms with van der Waals surface area (Å²) in [5, 5.41) is 0. The molecular formula is C30H31F4NO5S. The maximum atomic E-state index is 13.8. The molecule has 0 aliphatic carbocycles. The van der Waals surface area contributed by atoms with Crippen molar-refractivity contribution in [2.45, 2.75) is 46.4 Å². The fraction of sp³-hybridized carbons (Fsp3) is 0.300. The minimum absolute atomic E-state index is 0.0160. The third-order valence-corrected chi connectivity index (χ3v) is 6.68. The molecule has 0 aromatic heterocycles. The second kappa shape index (κ2) is 13.2. The lowest BCUT2D eigenvalue weighted by molar-refractivity contribution is -0.137. The van der Waals surface area contributed by atoms with Gasteiger partial charge in [-0.2, -0.15) is 13.2 Å². The fourth-order valence-electron chi connectivity index (χ4n) is 4.21. The van der Waals surface area contributed by atoms with Crippen molar-refractivity contribution in [3.05, 3.63) is 94.3 Å². The molecule has 3 aromatic carbocycles. The third kappa shape index (κ3) is 8.81. The number of sulfonamides is 1. The first-order valence-electron chi connectivity index (χ1n) is 12.8. The lowest BCUT2D eigenvalue weighted by atomic mass is 9.90. The highest BCUT2D eigenvalue weighted by molar-refractivity contribution is 7.92. The molecule has 0 fully saturated rings. The third-order valence-electron chi connectivity index (χ3n) is 6.07. The van der Waals surface area contributed by atoms with E-state index < -0.39 is 33.5 Å². The molecular weight excluding hydrogens is 562 g/mol. The number of hydrogen-bond acceptors (Lipinski definition) is 5. The number of carbonyl (C=O) groups is 1. The lowest BCUT2D eigenvalue weighted by Gasteiger charge is -2.20. The summed E-state index contributed by atoms with van der Waals surface area (Å²) in [7, 11) is -3.71. The monoisotopic (exact) mass is 593 g/mol. The van der Waals surface area contributed by atoms with E-state index in [9.17, 15) is 30.8 Å². The van der Waals surface area contributed by atoms with Gasteiger partial charge in [-0.25, -0.2) is 17.6 Å². The highest BCUT2D eigenvalue weighted by Gasteiger charge is 2.32. The zero-order valence-corrected chi connectivity index (χ0v) is 23.9. The first kappa shape index (κ1) is 31.7. The average molecular weight is 594 g/mol. The van der Waals surface area contributed by atoms with E-state index in [4.69, 9.17) is 9.47 Å². The molecule has 0 saturated heterocycles. The lowest BCUT2D eigenvalue weighted by Crippen LogP contribution is -2.12. The van der Waals surface area contributed by atoms with Gasteiger partial charge in [0.05, 0.1) is 24.0 Å². The van der Waals surface area contributed by atoms with E-state index in [1.165, 1.54) is 48.5 Å². The van der Waals surface area contributed by atoms with Gasteiger partial charge >= 0.3 is 12.1 Å². The van der Waals surface area contributed by atoms with Crippen molar-refractivity contribution in [3.63, 3.8) is 0 Å². The SMILES string of the molecule is CCC/C(=C(\C)c1cc(NS(C)(=O)=O)cc(C(=O)OCC)c1)c1cc(C(F)(F)F)ccc1OCc1ccc(F)cc1. The van der Waals surface area contributed by atoms with Crippen LogP contribution in [-0.4, -0.2) is 27.2 Å². The molecule has 11 heteroatoms. The Morgan fingerprint density at radius 1 is 0.951 bits per heavy atom. The highest BCUT2D eigenvalue weighted by atomic mass is 32.2. The van der Waals surface area contributed by atoms with Gasteiger partial charge in [0.1, 0.15) is 18.2 Å². The number of carbonyl (C=O) groups excluding carboxylic acids is 1. The van der Waals surface area contributed by atoms with E-state index >= 15 is 0 Å². The minimum Gasteiger partial charge on any atom is -0.488 e. The smallest absolute Gasteiger partial charge is 0.416 e. The summed E-state index contributed by atoms with van der Waals surface area (Å²) in [6, 6.07) is 13.1. The average Bonchev–Trinajstić information content (AvgIpc) is 2.89. The van der Waals surface area contributed by atoms with Crippen LogP contribution < -0.4 is 9.46 Å². The van der Waals surface area contributed by atoms with Gasteiger partial charge < -0.3 is 9.47 Å². The second-order valence-corrected chi connectivity index (χ2v) is 11.1. The highest BCUT2D eigenvalue weighted by Crippen LogP contribution is 2.40. The number of allylic oxidation sites excluding steroid dienone is 2. The van der Waals surface area contributed by atoms with Crippen LogP contribution in [0.4, 0.5) is 23.2 Å². The second-order valence-electron chi connectivity index (χ2n) is 9.37. The van der Waals surface area contributed by atoms with E-state index in [1.54, 1.807) is 13.8 Å². The zero-order chi connectivity index (χ0) is 30.4. The topological polar surface area (TPSA) is 81.7 Å². The molecule has 220 valence electrons. The summed E-state index contributed by atoms with van der Waals surface area (Å²) < 4.78 is 91.9. The van der Waals surface area contributed by atoms with Gasteiger partial charge in [-0.3, -0.25) is 4.72 Å². The number of alkyl halides is 3. The van der Waals surface area contributed by atoms with Crippen molar-refractivity contribution >= 4 is 32.8 Å². The van der Waals surface area contributed by atoms with Crippen LogP contribution in [0.3, 0.4) is 0 Å². The molecule has 0 spiro atoms. The Hall–Kier alpha value is -3.86. The van der Waals surface area contributed by atoms with Gasteiger partial charge in [-0.05, 0) is 91.1 Å². The number of hydrogen-bond donors (Lipinski definition) is 1. The van der Waals surface area contributed by atoms with Crippen molar-refractivity contribution in [1.82, 2.24) is 0 Å². The number of benzene rings is 3. The van der Waals surface area contributed by atoms with Crippen LogP contribution in [0.5, 0.6) is 5.75 Å². The van der Waals surface area contributed by atoms with Crippen LogP contribution in [0.1, 0.15) is 66.2 Å². The Bertz CT molecular complexity index is 1530. The molecule has 0 bridgehead atoms. The predicted molar refractivity (Wildman–Crippen MR) is 150 cm³/mol. The molecule has 1 N–H and O–H groups in total. The minimum atomic E-state index is -4.62. The molecule has 3 aromatic rings. The summed E-state index contributed by atoms with van der Waals surface area (Å²) >= 11 is 0. The van der Waals surface area contributed by atoms with E-state index in [-0.39, 0.29) is 35.8 Å². The Morgan fingerprint density at radius 2 is 1.61 bits per heavy atom. The van der Waals surface area contributed by atoms with Crippen molar-refractivity contribution < 1.29 is 40.2 Å². The van der Waals surface area contributed by atoms with Gasteiger partial charge in [0, 0.05) is 11.3 Å². The molecule has 0 unspecified atom stereocenters. The molecule has 0 amide bonds. The Morgan fingerprint density at radius 3 is 2.20 bits per heavy atom. The summed E-state index contributed by atoms with van der Waals surface area (Å²) in [5.74, 6) is -0.929. The standard InChI is InChI=1S/C30H31F4NO5S/c1-5-7-26(19(3)21-14-22(29(36)39-6-2)16-25(15-21)35-41(4,37)38)27-17-23(30(32,33)34)10-13-28(27)40-18-20-8-11-24(31)12-9-20/h8-17,35H,5-7,18H2,1-4H3/b26-19-. The van der Waals surface area contributed by atoms with Crippen LogP contribution in [0.15, 0.2) is 60.7 Å². The number of esters is 1. The van der Waals surface area contributed by atoms with Crippen LogP contribution in [0.25, 0.3) is 11.1 Å². The Kier molecular flexibility index (Phi) is 10.2.